The summed E-state index contributed by atoms with van der Waals surface area (Å²) >= 11 is 0. The Labute approximate surface area is 125 Å². The van der Waals surface area contributed by atoms with E-state index in [2.05, 4.69) is 12.2 Å². The van der Waals surface area contributed by atoms with Crippen LogP contribution in [0.1, 0.15) is 41.6 Å². The molecule has 2 aromatic rings. The van der Waals surface area contributed by atoms with Gasteiger partial charge in [-0.25, -0.2) is 8.78 Å². The Morgan fingerprint density at radius 3 is 2.48 bits per heavy atom. The Kier molecular flexibility index (Phi) is 5.07. The zero-order valence-electron chi connectivity index (χ0n) is 12.7. The number of benzene rings is 2. The van der Waals surface area contributed by atoms with E-state index < -0.39 is 0 Å². The second-order valence-electron chi connectivity index (χ2n) is 5.41. The molecular weight excluding hydrogens is 268 g/mol. The van der Waals surface area contributed by atoms with Crippen molar-refractivity contribution in [2.75, 3.05) is 6.54 Å². The van der Waals surface area contributed by atoms with Crippen molar-refractivity contribution in [2.45, 2.75) is 33.2 Å². The fourth-order valence-corrected chi connectivity index (χ4v) is 2.48. The zero-order valence-corrected chi connectivity index (χ0v) is 12.7. The summed E-state index contributed by atoms with van der Waals surface area (Å²) < 4.78 is 27.8. The third-order valence-corrected chi connectivity index (χ3v) is 3.61. The maximum Gasteiger partial charge on any atom is 0.128 e. The van der Waals surface area contributed by atoms with Crippen LogP contribution < -0.4 is 5.32 Å². The van der Waals surface area contributed by atoms with E-state index in [0.717, 1.165) is 29.7 Å². The van der Waals surface area contributed by atoms with Gasteiger partial charge in [0.1, 0.15) is 11.6 Å². The van der Waals surface area contributed by atoms with Gasteiger partial charge in [0, 0.05) is 5.56 Å². The normalized spacial score (nSPS) is 12.4. The number of nitrogens with one attached hydrogen (secondary N) is 1. The molecule has 3 heteroatoms. The third kappa shape index (κ3) is 3.67. The van der Waals surface area contributed by atoms with Crippen molar-refractivity contribution in [1.82, 2.24) is 5.32 Å². The smallest absolute Gasteiger partial charge is 0.128 e. The fourth-order valence-electron chi connectivity index (χ4n) is 2.48. The minimum absolute atomic E-state index is 0.266. The molecule has 0 saturated heterocycles. The van der Waals surface area contributed by atoms with Gasteiger partial charge in [-0.15, -0.1) is 0 Å². The van der Waals surface area contributed by atoms with Crippen LogP contribution in [-0.4, -0.2) is 6.54 Å². The summed E-state index contributed by atoms with van der Waals surface area (Å²) in [6.07, 6.45) is 0.929. The molecule has 0 spiro atoms. The number of halogens is 2. The van der Waals surface area contributed by atoms with E-state index in [1.54, 1.807) is 12.1 Å². The molecule has 0 radical (unpaired) electrons. The lowest BCUT2D eigenvalue weighted by Crippen LogP contribution is -2.25. The quantitative estimate of drug-likeness (QED) is 0.843. The zero-order chi connectivity index (χ0) is 15.4. The van der Waals surface area contributed by atoms with Crippen molar-refractivity contribution in [3.05, 3.63) is 70.3 Å². The Morgan fingerprint density at radius 1 is 1.00 bits per heavy atom. The van der Waals surface area contributed by atoms with Gasteiger partial charge >= 0.3 is 0 Å². The molecule has 0 heterocycles. The molecule has 21 heavy (non-hydrogen) atoms. The molecule has 1 N–H and O–H groups in total. The van der Waals surface area contributed by atoms with Crippen LogP contribution in [0, 0.1) is 25.5 Å². The Morgan fingerprint density at radius 2 is 1.76 bits per heavy atom. The van der Waals surface area contributed by atoms with Gasteiger partial charge in [0.2, 0.25) is 0 Å². The van der Waals surface area contributed by atoms with Gasteiger partial charge in [-0.2, -0.15) is 0 Å². The van der Waals surface area contributed by atoms with Crippen molar-refractivity contribution in [2.24, 2.45) is 0 Å². The van der Waals surface area contributed by atoms with E-state index in [0.29, 0.717) is 5.56 Å². The average Bonchev–Trinajstić information content (AvgIpc) is 2.46. The molecule has 0 aliphatic carbocycles. The minimum atomic E-state index is -0.333. The predicted molar refractivity (Wildman–Crippen MR) is 82.4 cm³/mol. The van der Waals surface area contributed by atoms with E-state index in [1.807, 2.05) is 19.9 Å². The summed E-state index contributed by atoms with van der Waals surface area (Å²) in [4.78, 5) is 0. The van der Waals surface area contributed by atoms with E-state index in [1.165, 1.54) is 18.2 Å². The van der Waals surface area contributed by atoms with Crippen LogP contribution in [-0.2, 0) is 0 Å². The Balaban J connectivity index is 2.52. The van der Waals surface area contributed by atoms with Crippen LogP contribution in [0.5, 0.6) is 0 Å². The highest BCUT2D eigenvalue weighted by Gasteiger charge is 2.19. The van der Waals surface area contributed by atoms with Crippen LogP contribution in [0.15, 0.2) is 36.4 Å². The summed E-state index contributed by atoms with van der Waals surface area (Å²) in [5, 5.41) is 3.33. The molecule has 0 saturated carbocycles. The van der Waals surface area contributed by atoms with Crippen LogP contribution in [0.25, 0.3) is 0 Å². The molecule has 0 fully saturated rings. The van der Waals surface area contributed by atoms with Crippen molar-refractivity contribution < 1.29 is 8.78 Å². The molecule has 0 aromatic heterocycles. The van der Waals surface area contributed by atoms with Gasteiger partial charge < -0.3 is 5.32 Å². The van der Waals surface area contributed by atoms with E-state index >= 15 is 0 Å². The van der Waals surface area contributed by atoms with Crippen molar-refractivity contribution >= 4 is 0 Å². The van der Waals surface area contributed by atoms with Crippen molar-refractivity contribution in [1.29, 1.82) is 0 Å². The molecule has 0 aliphatic rings. The first-order valence-electron chi connectivity index (χ1n) is 7.28. The monoisotopic (exact) mass is 289 g/mol. The summed E-state index contributed by atoms with van der Waals surface area (Å²) in [6.45, 7) is 6.64. The summed E-state index contributed by atoms with van der Waals surface area (Å²) in [5.41, 5.74) is 3.29. The van der Waals surface area contributed by atoms with Gasteiger partial charge in [0.25, 0.3) is 0 Å². The molecular formula is C18H21F2N. The Bertz CT molecular complexity index is 571. The maximum absolute atomic E-state index is 14.2. The highest BCUT2D eigenvalue weighted by molar-refractivity contribution is 5.39. The number of rotatable bonds is 5. The predicted octanol–water partition coefficient (Wildman–Crippen LogP) is 4.67. The van der Waals surface area contributed by atoms with Crippen molar-refractivity contribution in [3.63, 3.8) is 0 Å². The second-order valence-corrected chi connectivity index (χ2v) is 5.41. The topological polar surface area (TPSA) is 12.0 Å². The van der Waals surface area contributed by atoms with Gasteiger partial charge in [-0.1, -0.05) is 30.7 Å². The lowest BCUT2D eigenvalue weighted by molar-refractivity contribution is 0.540. The molecule has 2 aromatic carbocycles. The highest BCUT2D eigenvalue weighted by Crippen LogP contribution is 2.28. The van der Waals surface area contributed by atoms with Gasteiger partial charge in [0.15, 0.2) is 0 Å². The first-order valence-corrected chi connectivity index (χ1v) is 7.28. The maximum atomic E-state index is 14.2. The molecule has 112 valence electrons. The lowest BCUT2D eigenvalue weighted by Gasteiger charge is -2.22. The van der Waals surface area contributed by atoms with Crippen molar-refractivity contribution in [3.8, 4) is 0 Å². The molecule has 0 amide bonds. The minimum Gasteiger partial charge on any atom is -0.306 e. The SMILES string of the molecule is CCCNC(c1cc(F)ccc1C)c1cc(C)ccc1F. The van der Waals surface area contributed by atoms with Crippen LogP contribution in [0.3, 0.4) is 0 Å². The summed E-state index contributed by atoms with van der Waals surface area (Å²) in [5.74, 6) is -0.565. The number of hydrogen-bond donors (Lipinski definition) is 1. The number of hydrogen-bond acceptors (Lipinski definition) is 1. The second kappa shape index (κ2) is 6.81. The van der Waals surface area contributed by atoms with Crippen LogP contribution >= 0.6 is 0 Å². The molecule has 0 aliphatic heterocycles. The number of aryl methyl sites for hydroxylation is 2. The fraction of sp³-hybridized carbons (Fsp3) is 0.333. The third-order valence-electron chi connectivity index (χ3n) is 3.61. The summed E-state index contributed by atoms with van der Waals surface area (Å²) in [6, 6.07) is 9.37. The van der Waals surface area contributed by atoms with E-state index in [4.69, 9.17) is 0 Å². The molecule has 1 nitrogen and oxygen atoms in total. The van der Waals surface area contributed by atoms with E-state index in [-0.39, 0.29) is 17.7 Å². The van der Waals surface area contributed by atoms with Gasteiger partial charge in [-0.3, -0.25) is 0 Å². The van der Waals surface area contributed by atoms with Gasteiger partial charge in [-0.05, 0) is 56.1 Å². The van der Waals surface area contributed by atoms with Crippen LogP contribution in [0.4, 0.5) is 8.78 Å². The van der Waals surface area contributed by atoms with Crippen LogP contribution in [0.2, 0.25) is 0 Å². The first kappa shape index (κ1) is 15.6. The summed E-state index contributed by atoms with van der Waals surface area (Å²) in [7, 11) is 0. The largest absolute Gasteiger partial charge is 0.306 e. The Hall–Kier alpha value is -1.74. The molecule has 1 unspecified atom stereocenters. The molecule has 1 atom stereocenters. The highest BCUT2D eigenvalue weighted by atomic mass is 19.1. The lowest BCUT2D eigenvalue weighted by atomic mass is 9.93. The van der Waals surface area contributed by atoms with E-state index in [9.17, 15) is 8.78 Å². The first-order chi connectivity index (χ1) is 10.0. The average molecular weight is 289 g/mol. The standard InChI is InChI=1S/C18H21F2N/c1-4-9-21-18(15-11-14(19)7-6-13(15)3)16-10-12(2)5-8-17(16)20/h5-8,10-11,18,21H,4,9H2,1-3H3. The molecule has 2 rings (SSSR count). The van der Waals surface area contributed by atoms with Gasteiger partial charge in [0.05, 0.1) is 6.04 Å². The molecule has 0 bridgehead atoms.